The van der Waals surface area contributed by atoms with Crippen LogP contribution in [0.4, 0.5) is 0 Å². The van der Waals surface area contributed by atoms with Gasteiger partial charge in [-0.3, -0.25) is 19.2 Å². The SMILES string of the molecule is COC(=O)[C@@]1([C@@H]2CCC(=O)N2)CC(=O)c2c(cc3c(c2O)[C@H]2C=C[C@@]4(C3)C(=O)c3cc(C)cc(O)c3C(O)=C4C2=O)O1. The highest BCUT2D eigenvalue weighted by Gasteiger charge is 2.59. The number of allylic oxidation sites excluding steroid dienone is 3. The van der Waals surface area contributed by atoms with Gasteiger partial charge in [0.25, 0.3) is 0 Å². The van der Waals surface area contributed by atoms with Gasteiger partial charge in [0, 0.05) is 17.5 Å². The number of amides is 1. The van der Waals surface area contributed by atoms with Crippen molar-refractivity contribution in [3.63, 3.8) is 0 Å². The van der Waals surface area contributed by atoms with E-state index < -0.39 is 64.2 Å². The van der Waals surface area contributed by atoms with Crippen molar-refractivity contribution in [1.29, 1.82) is 0 Å². The summed E-state index contributed by atoms with van der Waals surface area (Å²) in [5, 5.41) is 36.2. The molecule has 8 rings (SSSR count). The molecule has 0 saturated carbocycles. The van der Waals surface area contributed by atoms with Crippen molar-refractivity contribution in [3.05, 3.63) is 69.3 Å². The van der Waals surface area contributed by atoms with Crippen LogP contribution in [-0.4, -0.2) is 63.3 Å². The van der Waals surface area contributed by atoms with E-state index in [4.69, 9.17) is 9.47 Å². The Bertz CT molecular complexity index is 1780. The molecule has 0 unspecified atom stereocenters. The summed E-state index contributed by atoms with van der Waals surface area (Å²) >= 11 is 0. The highest BCUT2D eigenvalue weighted by molar-refractivity contribution is 6.23. The number of aryl methyl sites for hydroxylation is 1. The molecule has 4 aliphatic carbocycles. The van der Waals surface area contributed by atoms with E-state index >= 15 is 0 Å². The molecule has 11 heteroatoms. The van der Waals surface area contributed by atoms with Crippen molar-refractivity contribution >= 4 is 35.0 Å². The number of fused-ring (bicyclic) bond motifs is 2. The second-order valence-electron chi connectivity index (χ2n) is 11.5. The molecular weight excluding hydrogens is 546 g/mol. The van der Waals surface area contributed by atoms with Gasteiger partial charge in [0.05, 0.1) is 42.0 Å². The van der Waals surface area contributed by atoms with Crippen molar-refractivity contribution in [2.24, 2.45) is 5.41 Å². The first-order valence-electron chi connectivity index (χ1n) is 13.5. The van der Waals surface area contributed by atoms with E-state index in [9.17, 15) is 39.3 Å². The van der Waals surface area contributed by atoms with Crippen LogP contribution in [0, 0.1) is 12.3 Å². The smallest absolute Gasteiger partial charge is 0.352 e. The van der Waals surface area contributed by atoms with Crippen molar-refractivity contribution in [2.75, 3.05) is 7.11 Å². The number of aliphatic hydroxyl groups excluding tert-OH is 1. The van der Waals surface area contributed by atoms with Crippen LogP contribution in [0.3, 0.4) is 0 Å². The van der Waals surface area contributed by atoms with E-state index in [1.807, 2.05) is 0 Å². The maximum Gasteiger partial charge on any atom is 0.352 e. The number of ether oxygens (including phenoxy) is 2. The summed E-state index contributed by atoms with van der Waals surface area (Å²) in [4.78, 5) is 66.8. The predicted molar refractivity (Wildman–Crippen MR) is 143 cm³/mol. The number of aromatic hydroxyl groups is 2. The third-order valence-electron chi connectivity index (χ3n) is 9.19. The lowest BCUT2D eigenvalue weighted by molar-refractivity contribution is -0.162. The Kier molecular flexibility index (Phi) is 5.14. The Morgan fingerprint density at radius 2 is 1.83 bits per heavy atom. The number of methoxy groups -OCH3 is 1. The fourth-order valence-electron chi connectivity index (χ4n) is 7.34. The number of Topliss-reactive ketones (excluding diaryl/α,β-unsaturated/α-hetero) is 3. The summed E-state index contributed by atoms with van der Waals surface area (Å²) in [6, 6.07) is 3.48. The maximum atomic E-state index is 14.1. The number of carbonyl (C=O) groups is 5. The molecule has 4 N–H and O–H groups in total. The zero-order valence-corrected chi connectivity index (χ0v) is 22.6. The van der Waals surface area contributed by atoms with Gasteiger partial charge < -0.3 is 30.1 Å². The van der Waals surface area contributed by atoms with Crippen LogP contribution >= 0.6 is 0 Å². The Morgan fingerprint density at radius 3 is 2.52 bits per heavy atom. The first kappa shape index (κ1) is 26.0. The van der Waals surface area contributed by atoms with E-state index in [-0.39, 0.29) is 64.5 Å². The van der Waals surface area contributed by atoms with Gasteiger partial charge >= 0.3 is 5.97 Å². The van der Waals surface area contributed by atoms with E-state index in [1.54, 1.807) is 6.92 Å². The number of phenolic OH excluding ortho intramolecular Hbond substituents is 2. The lowest BCUT2D eigenvalue weighted by Crippen LogP contribution is -2.61. The topological polar surface area (TPSA) is 177 Å². The predicted octanol–water partition coefficient (Wildman–Crippen LogP) is 2.49. The van der Waals surface area contributed by atoms with Gasteiger partial charge in [-0.05, 0) is 49.1 Å². The minimum atomic E-state index is -1.89. The number of ketones is 3. The summed E-state index contributed by atoms with van der Waals surface area (Å²) < 4.78 is 11.2. The van der Waals surface area contributed by atoms with E-state index in [2.05, 4.69) is 5.32 Å². The third-order valence-corrected chi connectivity index (χ3v) is 9.19. The number of aliphatic hydroxyl groups is 1. The fraction of sp³-hybridized carbons (Fsp3) is 0.323. The number of carbonyl (C=O) groups excluding carboxylic acids is 5. The van der Waals surface area contributed by atoms with Crippen molar-refractivity contribution in [3.8, 4) is 17.2 Å². The molecule has 214 valence electrons. The Morgan fingerprint density at radius 1 is 1.07 bits per heavy atom. The molecule has 11 nitrogen and oxygen atoms in total. The fourth-order valence-corrected chi connectivity index (χ4v) is 7.34. The second-order valence-corrected chi connectivity index (χ2v) is 11.5. The van der Waals surface area contributed by atoms with Crippen LogP contribution in [0.15, 0.2) is 35.9 Å². The second kappa shape index (κ2) is 8.31. The summed E-state index contributed by atoms with van der Waals surface area (Å²) in [5.41, 5.74) is -3.10. The molecular formula is C31H25NO10. The van der Waals surface area contributed by atoms with E-state index in [0.29, 0.717) is 11.1 Å². The summed E-state index contributed by atoms with van der Waals surface area (Å²) in [6.45, 7) is 1.68. The molecule has 2 bridgehead atoms. The zero-order chi connectivity index (χ0) is 29.9. The molecule has 0 aromatic heterocycles. The number of hydrogen-bond donors (Lipinski definition) is 4. The molecule has 2 aromatic carbocycles. The van der Waals surface area contributed by atoms with Gasteiger partial charge in [-0.15, -0.1) is 0 Å². The maximum absolute atomic E-state index is 14.1. The monoisotopic (exact) mass is 571 g/mol. The van der Waals surface area contributed by atoms with E-state index in [0.717, 1.165) is 7.11 Å². The summed E-state index contributed by atoms with van der Waals surface area (Å²) in [7, 11) is 1.14. The molecule has 6 aliphatic rings. The molecule has 1 saturated heterocycles. The normalized spacial score (nSPS) is 28.8. The van der Waals surface area contributed by atoms with Crippen LogP contribution in [0.5, 0.6) is 17.2 Å². The summed E-state index contributed by atoms with van der Waals surface area (Å²) in [5.74, 6) is -5.69. The van der Waals surface area contributed by atoms with Gasteiger partial charge in [-0.25, -0.2) is 4.79 Å². The number of rotatable bonds is 2. The van der Waals surface area contributed by atoms with Crippen LogP contribution in [0.2, 0.25) is 0 Å². The molecule has 1 amide bonds. The molecule has 2 aliphatic heterocycles. The summed E-state index contributed by atoms with van der Waals surface area (Å²) in [6.07, 6.45) is 2.64. The molecule has 1 spiro atoms. The Hall–Kier alpha value is -4.93. The third kappa shape index (κ3) is 3.07. The van der Waals surface area contributed by atoms with Crippen molar-refractivity contribution in [1.82, 2.24) is 5.32 Å². The lowest BCUT2D eigenvalue weighted by atomic mass is 9.62. The zero-order valence-electron chi connectivity index (χ0n) is 22.6. The average Bonchev–Trinajstić information content (AvgIpc) is 3.26. The lowest BCUT2D eigenvalue weighted by Gasteiger charge is -2.40. The number of nitrogens with one attached hydrogen (secondary N) is 1. The minimum Gasteiger partial charge on any atom is -0.507 e. The number of hydrogen-bond acceptors (Lipinski definition) is 10. The molecule has 1 fully saturated rings. The van der Waals surface area contributed by atoms with Crippen molar-refractivity contribution < 1.29 is 48.8 Å². The molecule has 2 heterocycles. The number of benzene rings is 2. The van der Waals surface area contributed by atoms with Gasteiger partial charge in [-0.2, -0.15) is 0 Å². The number of esters is 1. The highest BCUT2D eigenvalue weighted by Crippen LogP contribution is 2.58. The van der Waals surface area contributed by atoms with Gasteiger partial charge in [0.1, 0.15) is 28.6 Å². The van der Waals surface area contributed by atoms with Crippen LogP contribution in [0.25, 0.3) is 5.76 Å². The largest absolute Gasteiger partial charge is 0.507 e. The first-order valence-corrected chi connectivity index (χ1v) is 13.5. The van der Waals surface area contributed by atoms with Crippen LogP contribution in [0.1, 0.15) is 68.2 Å². The molecule has 4 atom stereocenters. The standard InChI is InChI=1S/C31H25NO10/c1-12-7-15-22(16(33)8-12)27(38)24-25(36)14-5-6-30(24,28(15)39)10-13-9-18-23(26(37)21(13)14)17(34)11-31(42-18,29(40)41-2)19-3-4-20(35)32-19/h5-9,14,19,33,37-38H,3-4,10-11H2,1-2H3,(H,32,35)/t14-,19+,30+,31+/m1/s1. The van der Waals surface area contributed by atoms with E-state index in [1.165, 1.54) is 30.4 Å². The number of phenols is 2. The Balaban J connectivity index is 1.43. The molecule has 2 aromatic rings. The average molecular weight is 572 g/mol. The molecule has 0 radical (unpaired) electrons. The quantitative estimate of drug-likeness (QED) is 0.309. The highest BCUT2D eigenvalue weighted by atomic mass is 16.6. The minimum absolute atomic E-state index is 0.0448. The van der Waals surface area contributed by atoms with Crippen LogP contribution in [-0.2, 0) is 25.5 Å². The first-order chi connectivity index (χ1) is 19.9. The van der Waals surface area contributed by atoms with Crippen molar-refractivity contribution in [2.45, 2.75) is 50.2 Å². The van der Waals surface area contributed by atoms with Gasteiger partial charge in [0.2, 0.25) is 11.5 Å². The molecule has 42 heavy (non-hydrogen) atoms. The van der Waals surface area contributed by atoms with Crippen LogP contribution < -0.4 is 10.1 Å². The van der Waals surface area contributed by atoms with Gasteiger partial charge in [0.15, 0.2) is 17.3 Å². The van der Waals surface area contributed by atoms with Gasteiger partial charge in [-0.1, -0.05) is 12.2 Å². The Labute approximate surface area is 238 Å².